The van der Waals surface area contributed by atoms with Gasteiger partial charge in [-0.2, -0.15) is 0 Å². The van der Waals surface area contributed by atoms with Crippen molar-refractivity contribution in [2.75, 3.05) is 39.9 Å². The Kier molecular flexibility index (Phi) is 7.09. The number of rotatable bonds is 8. The van der Waals surface area contributed by atoms with Crippen LogP contribution >= 0.6 is 0 Å². The number of ether oxygens (including phenoxy) is 1. The van der Waals surface area contributed by atoms with E-state index >= 15 is 0 Å². The van der Waals surface area contributed by atoms with E-state index in [1.165, 1.54) is 19.4 Å². The third-order valence-electron chi connectivity index (χ3n) is 3.60. The van der Waals surface area contributed by atoms with Gasteiger partial charge in [0.25, 0.3) is 0 Å². The molecular weight excluding hydrogens is 212 g/mol. The van der Waals surface area contributed by atoms with Crippen LogP contribution < -0.4 is 5.32 Å². The molecule has 1 aliphatic rings. The molecule has 1 fully saturated rings. The van der Waals surface area contributed by atoms with Gasteiger partial charge in [-0.15, -0.1) is 0 Å². The molecule has 3 nitrogen and oxygen atoms in total. The molecule has 1 aliphatic heterocycles. The van der Waals surface area contributed by atoms with Gasteiger partial charge in [0.05, 0.1) is 6.61 Å². The number of likely N-dealkylation sites (N-methyl/N-ethyl adjacent to an activating group) is 2. The minimum atomic E-state index is 0.597. The van der Waals surface area contributed by atoms with Crippen LogP contribution in [0.25, 0.3) is 0 Å². The summed E-state index contributed by atoms with van der Waals surface area (Å²) >= 11 is 0. The molecule has 0 amide bonds. The SMILES string of the molecule is CCNC(CN(C)CCC(C)C)C1CCOC1. The van der Waals surface area contributed by atoms with Crippen LogP contribution in [0.2, 0.25) is 0 Å². The Morgan fingerprint density at radius 1 is 1.41 bits per heavy atom. The highest BCUT2D eigenvalue weighted by Gasteiger charge is 2.25. The van der Waals surface area contributed by atoms with Gasteiger partial charge in [0.1, 0.15) is 0 Å². The lowest BCUT2D eigenvalue weighted by atomic mass is 9.98. The van der Waals surface area contributed by atoms with Crippen molar-refractivity contribution < 1.29 is 4.74 Å². The highest BCUT2D eigenvalue weighted by atomic mass is 16.5. The second-order valence-electron chi connectivity index (χ2n) is 5.73. The predicted molar refractivity (Wildman–Crippen MR) is 73.3 cm³/mol. The highest BCUT2D eigenvalue weighted by molar-refractivity contribution is 4.81. The summed E-state index contributed by atoms with van der Waals surface area (Å²) in [6.45, 7) is 12.1. The van der Waals surface area contributed by atoms with E-state index < -0.39 is 0 Å². The summed E-state index contributed by atoms with van der Waals surface area (Å²) in [4.78, 5) is 2.46. The Hall–Kier alpha value is -0.120. The molecule has 1 heterocycles. The van der Waals surface area contributed by atoms with Crippen LogP contribution in [0.1, 0.15) is 33.6 Å². The molecule has 2 atom stereocenters. The van der Waals surface area contributed by atoms with Crippen molar-refractivity contribution in [3.63, 3.8) is 0 Å². The van der Waals surface area contributed by atoms with Crippen LogP contribution in [0.5, 0.6) is 0 Å². The largest absolute Gasteiger partial charge is 0.381 e. The van der Waals surface area contributed by atoms with Gasteiger partial charge in [-0.3, -0.25) is 0 Å². The molecule has 0 spiro atoms. The molecule has 0 aromatic rings. The van der Waals surface area contributed by atoms with Crippen LogP contribution in [-0.4, -0.2) is 50.8 Å². The van der Waals surface area contributed by atoms with Gasteiger partial charge in [-0.05, 0) is 38.9 Å². The molecule has 0 aromatic carbocycles. The first-order valence-corrected chi connectivity index (χ1v) is 7.13. The summed E-state index contributed by atoms with van der Waals surface area (Å²) in [5.41, 5.74) is 0. The fraction of sp³-hybridized carbons (Fsp3) is 1.00. The van der Waals surface area contributed by atoms with Crippen LogP contribution in [0.3, 0.4) is 0 Å². The topological polar surface area (TPSA) is 24.5 Å². The average molecular weight is 242 g/mol. The second-order valence-corrected chi connectivity index (χ2v) is 5.73. The molecule has 0 aromatic heterocycles. The molecule has 1 rings (SSSR count). The van der Waals surface area contributed by atoms with Crippen molar-refractivity contribution >= 4 is 0 Å². The second kappa shape index (κ2) is 8.06. The number of nitrogens with one attached hydrogen (secondary N) is 1. The van der Waals surface area contributed by atoms with E-state index in [2.05, 4.69) is 38.0 Å². The van der Waals surface area contributed by atoms with Gasteiger partial charge in [0.2, 0.25) is 0 Å². The molecule has 17 heavy (non-hydrogen) atoms. The lowest BCUT2D eigenvalue weighted by molar-refractivity contribution is 0.166. The van der Waals surface area contributed by atoms with Crippen LogP contribution in [0, 0.1) is 11.8 Å². The van der Waals surface area contributed by atoms with Crippen molar-refractivity contribution in [1.29, 1.82) is 0 Å². The zero-order chi connectivity index (χ0) is 12.7. The van der Waals surface area contributed by atoms with Crippen molar-refractivity contribution in [3.8, 4) is 0 Å². The first-order valence-electron chi connectivity index (χ1n) is 7.13. The number of nitrogens with zero attached hydrogens (tertiary/aromatic N) is 1. The number of hydrogen-bond acceptors (Lipinski definition) is 3. The highest BCUT2D eigenvalue weighted by Crippen LogP contribution is 2.17. The summed E-state index contributed by atoms with van der Waals surface area (Å²) in [5.74, 6) is 1.50. The minimum absolute atomic E-state index is 0.597. The van der Waals surface area contributed by atoms with Crippen molar-refractivity contribution in [3.05, 3.63) is 0 Å². The first kappa shape index (κ1) is 14.9. The third kappa shape index (κ3) is 5.84. The smallest absolute Gasteiger partial charge is 0.0510 e. The van der Waals surface area contributed by atoms with E-state index in [0.29, 0.717) is 12.0 Å². The molecule has 0 radical (unpaired) electrons. The Balaban J connectivity index is 2.31. The Morgan fingerprint density at radius 2 is 2.18 bits per heavy atom. The fourth-order valence-electron chi connectivity index (χ4n) is 2.42. The maximum Gasteiger partial charge on any atom is 0.0510 e. The zero-order valence-electron chi connectivity index (χ0n) is 12.0. The predicted octanol–water partition coefficient (Wildman–Crippen LogP) is 1.98. The molecular formula is C14H30N2O. The monoisotopic (exact) mass is 242 g/mol. The molecule has 2 unspecified atom stereocenters. The van der Waals surface area contributed by atoms with Crippen LogP contribution in [0.15, 0.2) is 0 Å². The molecule has 0 saturated carbocycles. The minimum Gasteiger partial charge on any atom is -0.381 e. The van der Waals surface area contributed by atoms with E-state index in [0.717, 1.165) is 32.2 Å². The maximum atomic E-state index is 5.51. The Morgan fingerprint density at radius 3 is 2.71 bits per heavy atom. The molecule has 3 heteroatoms. The van der Waals surface area contributed by atoms with E-state index in [4.69, 9.17) is 4.74 Å². The Bertz CT molecular complexity index is 191. The van der Waals surface area contributed by atoms with E-state index in [-0.39, 0.29) is 0 Å². The van der Waals surface area contributed by atoms with Gasteiger partial charge in [-0.25, -0.2) is 0 Å². The lowest BCUT2D eigenvalue weighted by Gasteiger charge is -2.28. The van der Waals surface area contributed by atoms with E-state index in [1.807, 2.05) is 0 Å². The summed E-state index contributed by atoms with van der Waals surface area (Å²) in [7, 11) is 2.24. The van der Waals surface area contributed by atoms with Crippen molar-refractivity contribution in [2.45, 2.75) is 39.7 Å². The molecule has 1 saturated heterocycles. The summed E-state index contributed by atoms with van der Waals surface area (Å²) in [5, 5.41) is 3.62. The van der Waals surface area contributed by atoms with Crippen LogP contribution in [0.4, 0.5) is 0 Å². The number of hydrogen-bond donors (Lipinski definition) is 1. The summed E-state index contributed by atoms with van der Waals surface area (Å²) in [6, 6.07) is 0.597. The van der Waals surface area contributed by atoms with Gasteiger partial charge in [0.15, 0.2) is 0 Å². The molecule has 1 N–H and O–H groups in total. The third-order valence-corrected chi connectivity index (χ3v) is 3.60. The molecule has 102 valence electrons. The maximum absolute atomic E-state index is 5.51. The van der Waals surface area contributed by atoms with E-state index in [9.17, 15) is 0 Å². The van der Waals surface area contributed by atoms with E-state index in [1.54, 1.807) is 0 Å². The standard InChI is InChI=1S/C14H30N2O/c1-5-15-14(13-7-9-17-11-13)10-16(4)8-6-12(2)3/h12-15H,5-11H2,1-4H3. The summed E-state index contributed by atoms with van der Waals surface area (Å²) in [6.07, 6.45) is 2.51. The van der Waals surface area contributed by atoms with Crippen LogP contribution in [-0.2, 0) is 4.74 Å². The van der Waals surface area contributed by atoms with Crippen molar-refractivity contribution in [2.24, 2.45) is 11.8 Å². The fourth-order valence-corrected chi connectivity index (χ4v) is 2.42. The average Bonchev–Trinajstić information content (AvgIpc) is 2.79. The Labute approximate surface area is 107 Å². The lowest BCUT2D eigenvalue weighted by Crippen LogP contribution is -2.45. The van der Waals surface area contributed by atoms with Gasteiger partial charge < -0.3 is 15.0 Å². The zero-order valence-corrected chi connectivity index (χ0v) is 12.0. The van der Waals surface area contributed by atoms with Gasteiger partial charge >= 0.3 is 0 Å². The summed E-state index contributed by atoms with van der Waals surface area (Å²) < 4.78 is 5.51. The normalized spacial score (nSPS) is 22.6. The van der Waals surface area contributed by atoms with Gasteiger partial charge in [0, 0.05) is 25.1 Å². The molecule has 0 bridgehead atoms. The van der Waals surface area contributed by atoms with Crippen molar-refractivity contribution in [1.82, 2.24) is 10.2 Å². The molecule has 0 aliphatic carbocycles. The first-order chi connectivity index (χ1) is 8.13. The van der Waals surface area contributed by atoms with Gasteiger partial charge in [-0.1, -0.05) is 20.8 Å². The quantitative estimate of drug-likeness (QED) is 0.704.